The maximum Gasteiger partial charge on any atom is 0.332 e. The minimum atomic E-state index is -1.23. The highest BCUT2D eigenvalue weighted by Gasteiger charge is 2.01. The van der Waals surface area contributed by atoms with E-state index in [4.69, 9.17) is 10.2 Å². The van der Waals surface area contributed by atoms with Gasteiger partial charge in [0.2, 0.25) is 0 Å². The number of carbonyl (C=O) groups is 1. The summed E-state index contributed by atoms with van der Waals surface area (Å²) in [7, 11) is 0. The van der Waals surface area contributed by atoms with Crippen LogP contribution in [0, 0.1) is 0 Å². The van der Waals surface area contributed by atoms with Crippen LogP contribution in [0.2, 0.25) is 0 Å². The molecule has 2 N–H and O–H groups in total. The van der Waals surface area contributed by atoms with Gasteiger partial charge in [-0.1, -0.05) is 0 Å². The van der Waals surface area contributed by atoms with Crippen LogP contribution in [0.15, 0.2) is 38.2 Å². The topological polar surface area (TPSA) is 119 Å². The molecule has 1 unspecified atom stereocenters. The van der Waals surface area contributed by atoms with Crippen LogP contribution in [0.25, 0.3) is 0 Å². The van der Waals surface area contributed by atoms with Crippen LogP contribution in [-0.4, -0.2) is 28.5 Å². The summed E-state index contributed by atoms with van der Waals surface area (Å²) in [6, 6.07) is 0. The van der Waals surface area contributed by atoms with E-state index < -0.39 is 12.1 Å². The summed E-state index contributed by atoms with van der Waals surface area (Å²) >= 11 is 0. The summed E-state index contributed by atoms with van der Waals surface area (Å²) in [6.45, 7) is 1.20. The fourth-order valence-electron chi connectivity index (χ4n) is 0.239. The number of aliphatic hydroxyl groups excluding tert-OH is 1. The number of carboxylic acids is 1. The SMILES string of the molecule is C1=CN=NN=NN=C1.CC(O)C(=O)O. The number of hydrogen-bond acceptors (Lipinski definition) is 7. The van der Waals surface area contributed by atoms with E-state index in [2.05, 4.69) is 25.9 Å². The molecule has 76 valence electrons. The van der Waals surface area contributed by atoms with Gasteiger partial charge < -0.3 is 10.2 Å². The van der Waals surface area contributed by atoms with Crippen LogP contribution in [0.4, 0.5) is 0 Å². The Morgan fingerprint density at radius 2 is 2.00 bits per heavy atom. The van der Waals surface area contributed by atoms with E-state index in [9.17, 15) is 4.79 Å². The van der Waals surface area contributed by atoms with Crippen molar-refractivity contribution >= 4 is 12.2 Å². The van der Waals surface area contributed by atoms with Gasteiger partial charge in [0.1, 0.15) is 6.10 Å². The Morgan fingerprint density at radius 1 is 1.36 bits per heavy atom. The number of aliphatic carboxylic acids is 1. The summed E-state index contributed by atoms with van der Waals surface area (Å²) in [5, 5.41) is 32.2. The van der Waals surface area contributed by atoms with E-state index in [1.165, 1.54) is 19.3 Å². The summed E-state index contributed by atoms with van der Waals surface area (Å²) in [4.78, 5) is 9.45. The van der Waals surface area contributed by atoms with Crippen LogP contribution in [0.1, 0.15) is 6.92 Å². The zero-order chi connectivity index (χ0) is 10.8. The van der Waals surface area contributed by atoms with E-state index in [1.807, 2.05) is 0 Å². The number of rotatable bonds is 1. The molecule has 1 heterocycles. The molecule has 0 spiro atoms. The predicted octanol–water partition coefficient (Wildman–Crippen LogP) is 0.771. The molecular weight excluding hydrogens is 190 g/mol. The first-order valence-corrected chi connectivity index (χ1v) is 3.54. The minimum absolute atomic E-state index is 1.19. The maximum atomic E-state index is 9.45. The Balaban J connectivity index is 0.000000255. The minimum Gasteiger partial charge on any atom is -0.479 e. The third kappa shape index (κ3) is 8.14. The van der Waals surface area contributed by atoms with E-state index in [0.717, 1.165) is 0 Å². The molecule has 8 nitrogen and oxygen atoms in total. The highest BCUT2D eigenvalue weighted by Crippen LogP contribution is 1.85. The molecule has 0 aromatic carbocycles. The molecule has 1 rings (SSSR count). The molecule has 0 fully saturated rings. The second-order valence-corrected chi connectivity index (χ2v) is 2.00. The molecule has 0 bridgehead atoms. The Kier molecular flexibility index (Phi) is 6.60. The van der Waals surface area contributed by atoms with Crippen molar-refractivity contribution in [2.24, 2.45) is 25.9 Å². The molecule has 14 heavy (non-hydrogen) atoms. The average molecular weight is 199 g/mol. The smallest absolute Gasteiger partial charge is 0.332 e. The molecule has 0 saturated heterocycles. The first-order chi connectivity index (χ1) is 6.64. The van der Waals surface area contributed by atoms with Gasteiger partial charge in [0, 0.05) is 0 Å². The Hall–Kier alpha value is -1.96. The molecule has 0 aliphatic carbocycles. The van der Waals surface area contributed by atoms with Gasteiger partial charge in [-0.3, -0.25) is 0 Å². The Bertz CT molecular complexity index is 225. The Labute approximate surface area is 79.4 Å². The first kappa shape index (κ1) is 12.0. The fourth-order valence-corrected chi connectivity index (χ4v) is 0.239. The van der Waals surface area contributed by atoms with Gasteiger partial charge in [-0.2, -0.15) is 0 Å². The number of carboxylic acid groups (broad SMARTS) is 1. The lowest BCUT2D eigenvalue weighted by Gasteiger charge is -1.89. The van der Waals surface area contributed by atoms with Crippen LogP contribution in [0.5, 0.6) is 0 Å². The number of hydrogen-bond donors (Lipinski definition) is 2. The van der Waals surface area contributed by atoms with Crippen molar-refractivity contribution in [1.29, 1.82) is 0 Å². The van der Waals surface area contributed by atoms with Crippen LogP contribution in [-0.2, 0) is 4.79 Å². The summed E-state index contributed by atoms with van der Waals surface area (Å²) in [5.74, 6) is -1.19. The molecule has 1 aliphatic heterocycles. The molecular formula is C6H9N5O3. The van der Waals surface area contributed by atoms with Gasteiger partial charge in [-0.25, -0.2) is 4.79 Å². The predicted molar refractivity (Wildman–Crippen MR) is 46.7 cm³/mol. The van der Waals surface area contributed by atoms with Crippen LogP contribution < -0.4 is 0 Å². The quantitative estimate of drug-likeness (QED) is 0.648. The molecule has 0 amide bonds. The van der Waals surface area contributed by atoms with Crippen molar-refractivity contribution in [2.75, 3.05) is 0 Å². The van der Waals surface area contributed by atoms with Crippen molar-refractivity contribution in [3.8, 4) is 0 Å². The second kappa shape index (κ2) is 7.68. The molecule has 0 saturated carbocycles. The van der Waals surface area contributed by atoms with E-state index >= 15 is 0 Å². The van der Waals surface area contributed by atoms with E-state index in [-0.39, 0.29) is 0 Å². The first-order valence-electron chi connectivity index (χ1n) is 3.54. The average Bonchev–Trinajstić information content (AvgIpc) is 2.03. The third-order valence-corrected chi connectivity index (χ3v) is 0.846. The maximum absolute atomic E-state index is 9.45. The summed E-state index contributed by atoms with van der Waals surface area (Å²) in [5.41, 5.74) is 0. The second-order valence-electron chi connectivity index (χ2n) is 2.00. The molecule has 0 radical (unpaired) electrons. The standard InChI is InChI=1S/C3H3N5.C3H6O3/c1-2-4-6-8-7-5-3-1;1-2(4)3(5)6/h1-3H;2,4H,1H3,(H,5,6). The zero-order valence-electron chi connectivity index (χ0n) is 7.35. The van der Waals surface area contributed by atoms with Gasteiger partial charge in [0.05, 0.1) is 12.4 Å². The van der Waals surface area contributed by atoms with Crippen molar-refractivity contribution < 1.29 is 15.0 Å². The highest BCUT2D eigenvalue weighted by atomic mass is 16.4. The molecule has 1 aliphatic rings. The van der Waals surface area contributed by atoms with Crippen LogP contribution in [0.3, 0.4) is 0 Å². The molecule has 1 atom stereocenters. The van der Waals surface area contributed by atoms with Crippen molar-refractivity contribution in [3.05, 3.63) is 12.3 Å². The van der Waals surface area contributed by atoms with E-state index in [1.54, 1.807) is 6.08 Å². The van der Waals surface area contributed by atoms with E-state index in [0.29, 0.717) is 0 Å². The Morgan fingerprint density at radius 3 is 2.57 bits per heavy atom. The van der Waals surface area contributed by atoms with Crippen molar-refractivity contribution in [1.82, 2.24) is 0 Å². The summed E-state index contributed by atoms with van der Waals surface area (Å²) in [6.07, 6.45) is 3.33. The molecule has 8 heteroatoms. The number of nitrogens with zero attached hydrogens (tertiary/aromatic N) is 5. The van der Waals surface area contributed by atoms with Crippen molar-refractivity contribution in [2.45, 2.75) is 13.0 Å². The monoisotopic (exact) mass is 199 g/mol. The lowest BCUT2D eigenvalue weighted by molar-refractivity contribution is -0.145. The van der Waals surface area contributed by atoms with Crippen molar-refractivity contribution in [3.63, 3.8) is 0 Å². The normalized spacial score (nSPS) is 15.0. The lowest BCUT2D eigenvalue weighted by atomic mass is 10.4. The molecule has 0 aromatic heterocycles. The van der Waals surface area contributed by atoms with Gasteiger partial charge in [-0.05, 0) is 28.7 Å². The van der Waals surface area contributed by atoms with Crippen LogP contribution >= 0.6 is 0 Å². The lowest BCUT2D eigenvalue weighted by Crippen LogP contribution is -2.13. The number of aliphatic hydroxyl groups is 1. The fraction of sp³-hybridized carbons (Fsp3) is 0.333. The van der Waals surface area contributed by atoms with Gasteiger partial charge in [0.15, 0.2) is 0 Å². The zero-order valence-corrected chi connectivity index (χ0v) is 7.35. The van der Waals surface area contributed by atoms with Gasteiger partial charge in [0.25, 0.3) is 0 Å². The third-order valence-electron chi connectivity index (χ3n) is 0.846. The molecule has 0 aromatic rings. The number of allylic oxidation sites excluding steroid dienone is 1. The summed E-state index contributed by atoms with van der Waals surface area (Å²) < 4.78 is 0. The van der Waals surface area contributed by atoms with Gasteiger partial charge >= 0.3 is 5.97 Å². The highest BCUT2D eigenvalue weighted by molar-refractivity contribution is 5.71. The van der Waals surface area contributed by atoms with Gasteiger partial charge in [-0.15, -0.1) is 10.2 Å². The largest absolute Gasteiger partial charge is 0.479 e.